The number of hydrogen-bond donors (Lipinski definition) is 1. The highest BCUT2D eigenvalue weighted by Gasteiger charge is 2.14. The summed E-state index contributed by atoms with van der Waals surface area (Å²) in [6.07, 6.45) is 4.37. The quantitative estimate of drug-likeness (QED) is 0.783. The van der Waals surface area contributed by atoms with Crippen molar-refractivity contribution in [2.75, 3.05) is 6.61 Å². The maximum Gasteiger partial charge on any atom is 0.140 e. The number of aromatic nitrogens is 3. The largest absolute Gasteiger partial charge is 0.376 e. The van der Waals surface area contributed by atoms with Gasteiger partial charge in [0.15, 0.2) is 0 Å². The van der Waals surface area contributed by atoms with Crippen LogP contribution in [0, 0.1) is 4.64 Å². The van der Waals surface area contributed by atoms with Crippen LogP contribution in [0.1, 0.15) is 11.3 Å². The molecule has 17 heavy (non-hydrogen) atoms. The molecule has 1 N–H and O–H groups in total. The molecule has 0 atom stereocenters. The average Bonchev–Trinajstić information content (AvgIpc) is 2.40. The number of ether oxygens (including phenoxy) is 1. The fourth-order valence-electron chi connectivity index (χ4n) is 1.89. The molecule has 0 fully saturated rings. The lowest BCUT2D eigenvalue weighted by Crippen LogP contribution is -2.14. The van der Waals surface area contributed by atoms with E-state index < -0.39 is 0 Å². The van der Waals surface area contributed by atoms with E-state index in [0.717, 1.165) is 35.7 Å². The molecular formula is C12H11N3OS. The molecule has 2 aromatic rings. The summed E-state index contributed by atoms with van der Waals surface area (Å²) >= 11 is 5.29. The van der Waals surface area contributed by atoms with Gasteiger partial charge >= 0.3 is 0 Å². The van der Waals surface area contributed by atoms with E-state index in [-0.39, 0.29) is 0 Å². The number of aromatic amines is 1. The molecule has 86 valence electrons. The second-order valence-electron chi connectivity index (χ2n) is 3.89. The Kier molecular flexibility index (Phi) is 2.70. The lowest BCUT2D eigenvalue weighted by molar-refractivity contribution is 0.108. The standard InChI is InChI=1S/C12H11N3OS/c17-12-9-7-16-5-3-10(9)14-11(15-12)8-2-1-4-13-6-8/h1-2,4,6H,3,5,7H2,(H,14,15,17). The third-order valence-corrected chi connectivity index (χ3v) is 3.12. The van der Waals surface area contributed by atoms with E-state index in [4.69, 9.17) is 17.0 Å². The summed E-state index contributed by atoms with van der Waals surface area (Å²) in [6, 6.07) is 3.85. The summed E-state index contributed by atoms with van der Waals surface area (Å²) < 4.78 is 6.01. The molecule has 0 unspecified atom stereocenters. The molecule has 2 aromatic heterocycles. The number of rotatable bonds is 1. The molecular weight excluding hydrogens is 234 g/mol. The van der Waals surface area contributed by atoms with Gasteiger partial charge in [-0.15, -0.1) is 0 Å². The van der Waals surface area contributed by atoms with Crippen molar-refractivity contribution in [2.45, 2.75) is 13.0 Å². The zero-order valence-electron chi connectivity index (χ0n) is 9.14. The topological polar surface area (TPSA) is 50.8 Å². The Bertz CT molecular complexity index is 594. The molecule has 0 saturated carbocycles. The predicted molar refractivity (Wildman–Crippen MR) is 66.0 cm³/mol. The number of fused-ring (bicyclic) bond motifs is 1. The van der Waals surface area contributed by atoms with Crippen molar-refractivity contribution >= 4 is 12.2 Å². The van der Waals surface area contributed by atoms with Gasteiger partial charge in [-0.3, -0.25) is 4.98 Å². The van der Waals surface area contributed by atoms with Crippen LogP contribution in [0.2, 0.25) is 0 Å². The smallest absolute Gasteiger partial charge is 0.140 e. The molecule has 0 spiro atoms. The van der Waals surface area contributed by atoms with Crippen molar-refractivity contribution in [1.29, 1.82) is 0 Å². The molecule has 0 bridgehead atoms. The molecule has 5 heteroatoms. The number of nitrogens with one attached hydrogen (secondary N) is 1. The van der Waals surface area contributed by atoms with Gasteiger partial charge in [-0.25, -0.2) is 4.98 Å². The zero-order chi connectivity index (χ0) is 11.7. The fourth-order valence-corrected chi connectivity index (χ4v) is 2.17. The fraction of sp³-hybridized carbons (Fsp3) is 0.250. The highest BCUT2D eigenvalue weighted by atomic mass is 32.1. The van der Waals surface area contributed by atoms with Gasteiger partial charge in [0.05, 0.1) is 13.2 Å². The van der Waals surface area contributed by atoms with E-state index in [9.17, 15) is 0 Å². The van der Waals surface area contributed by atoms with Crippen molar-refractivity contribution < 1.29 is 4.74 Å². The third-order valence-electron chi connectivity index (χ3n) is 2.78. The van der Waals surface area contributed by atoms with Crippen LogP contribution in [0.25, 0.3) is 11.4 Å². The third kappa shape index (κ3) is 1.99. The number of hydrogen-bond acceptors (Lipinski definition) is 4. The first kappa shape index (κ1) is 10.6. The van der Waals surface area contributed by atoms with E-state index in [1.165, 1.54) is 0 Å². The first-order chi connectivity index (χ1) is 8.34. The van der Waals surface area contributed by atoms with Gasteiger partial charge in [0.25, 0.3) is 0 Å². The van der Waals surface area contributed by atoms with Crippen molar-refractivity contribution in [2.24, 2.45) is 0 Å². The van der Waals surface area contributed by atoms with E-state index in [1.54, 1.807) is 12.4 Å². The minimum absolute atomic E-state index is 0.561. The van der Waals surface area contributed by atoms with E-state index in [2.05, 4.69) is 15.0 Å². The number of pyridine rings is 1. The molecule has 0 amide bonds. The molecule has 1 aliphatic rings. The minimum atomic E-state index is 0.561. The Labute approximate surface area is 104 Å². The summed E-state index contributed by atoms with van der Waals surface area (Å²) in [5.74, 6) is 0.781. The predicted octanol–water partition coefficient (Wildman–Crippen LogP) is 2.27. The first-order valence-corrected chi connectivity index (χ1v) is 5.85. The van der Waals surface area contributed by atoms with Gasteiger partial charge in [0.2, 0.25) is 0 Å². The van der Waals surface area contributed by atoms with Crippen LogP contribution < -0.4 is 0 Å². The normalized spacial score (nSPS) is 14.4. The Morgan fingerprint density at radius 2 is 2.35 bits per heavy atom. The molecule has 0 aromatic carbocycles. The Hall–Kier alpha value is -1.59. The Balaban J connectivity index is 2.14. The van der Waals surface area contributed by atoms with Gasteiger partial charge in [0.1, 0.15) is 10.5 Å². The van der Waals surface area contributed by atoms with Gasteiger partial charge in [-0.05, 0) is 12.1 Å². The van der Waals surface area contributed by atoms with Crippen molar-refractivity contribution in [3.63, 3.8) is 0 Å². The molecule has 0 radical (unpaired) electrons. The first-order valence-electron chi connectivity index (χ1n) is 5.45. The van der Waals surface area contributed by atoms with Gasteiger partial charge < -0.3 is 9.72 Å². The lowest BCUT2D eigenvalue weighted by Gasteiger charge is -2.17. The van der Waals surface area contributed by atoms with Crippen molar-refractivity contribution in [3.05, 3.63) is 40.4 Å². The Morgan fingerprint density at radius 3 is 3.18 bits per heavy atom. The van der Waals surface area contributed by atoms with Crippen molar-refractivity contribution in [1.82, 2.24) is 15.0 Å². The molecule has 0 saturated heterocycles. The maximum atomic E-state index is 5.38. The van der Waals surface area contributed by atoms with Gasteiger partial charge in [-0.1, -0.05) is 12.2 Å². The Morgan fingerprint density at radius 1 is 1.41 bits per heavy atom. The SMILES string of the molecule is S=c1nc(-c2cccnc2)[nH]c2c1COCC2. The van der Waals surface area contributed by atoms with E-state index in [0.29, 0.717) is 11.2 Å². The maximum absolute atomic E-state index is 5.38. The van der Waals surface area contributed by atoms with Crippen LogP contribution in [-0.4, -0.2) is 21.6 Å². The zero-order valence-corrected chi connectivity index (χ0v) is 9.96. The highest BCUT2D eigenvalue weighted by Crippen LogP contribution is 2.20. The number of H-pyrrole nitrogens is 1. The van der Waals surface area contributed by atoms with Crippen LogP contribution >= 0.6 is 12.2 Å². The van der Waals surface area contributed by atoms with Gasteiger partial charge in [-0.2, -0.15) is 0 Å². The molecule has 3 heterocycles. The minimum Gasteiger partial charge on any atom is -0.376 e. The number of nitrogens with zero attached hydrogens (tertiary/aromatic N) is 2. The van der Waals surface area contributed by atoms with Crippen LogP contribution in [0.15, 0.2) is 24.5 Å². The lowest BCUT2D eigenvalue weighted by atomic mass is 10.1. The highest BCUT2D eigenvalue weighted by molar-refractivity contribution is 7.71. The van der Waals surface area contributed by atoms with Crippen LogP contribution in [-0.2, 0) is 17.8 Å². The summed E-state index contributed by atoms with van der Waals surface area (Å²) in [7, 11) is 0. The van der Waals surface area contributed by atoms with Crippen LogP contribution in [0.4, 0.5) is 0 Å². The molecule has 3 rings (SSSR count). The monoisotopic (exact) mass is 245 g/mol. The summed E-state index contributed by atoms with van der Waals surface area (Å²) in [4.78, 5) is 11.8. The van der Waals surface area contributed by atoms with Crippen LogP contribution in [0.5, 0.6) is 0 Å². The second-order valence-corrected chi connectivity index (χ2v) is 4.28. The molecule has 0 aliphatic carbocycles. The van der Waals surface area contributed by atoms with E-state index >= 15 is 0 Å². The average molecular weight is 245 g/mol. The second kappa shape index (κ2) is 4.35. The summed E-state index contributed by atoms with van der Waals surface area (Å²) in [5, 5.41) is 0. The molecule has 4 nitrogen and oxygen atoms in total. The van der Waals surface area contributed by atoms with E-state index in [1.807, 2.05) is 12.1 Å². The summed E-state index contributed by atoms with van der Waals surface area (Å²) in [6.45, 7) is 1.29. The van der Waals surface area contributed by atoms with Crippen LogP contribution in [0.3, 0.4) is 0 Å². The molecule has 1 aliphatic heterocycles. The van der Waals surface area contributed by atoms with Crippen molar-refractivity contribution in [3.8, 4) is 11.4 Å². The summed E-state index contributed by atoms with van der Waals surface area (Å²) in [5.41, 5.74) is 3.10. The van der Waals surface area contributed by atoms with Gasteiger partial charge in [0, 0.05) is 35.6 Å².